The molecular formula is C15H20N2O2. The first-order chi connectivity index (χ1) is 9.06. The van der Waals surface area contributed by atoms with E-state index in [9.17, 15) is 4.79 Å². The normalized spacial score (nSPS) is 11.7. The monoisotopic (exact) mass is 260 g/mol. The maximum absolute atomic E-state index is 11.8. The van der Waals surface area contributed by atoms with E-state index in [-0.39, 0.29) is 17.7 Å². The first kappa shape index (κ1) is 15.0. The largest absolute Gasteiger partial charge is 0.497 e. The molecule has 1 rings (SSSR count). The molecule has 1 atom stereocenters. The number of nitrogens with one attached hydrogen (secondary N) is 1. The van der Waals surface area contributed by atoms with Crippen molar-refractivity contribution in [3.8, 4) is 11.8 Å². The lowest BCUT2D eigenvalue weighted by Gasteiger charge is -2.12. The summed E-state index contributed by atoms with van der Waals surface area (Å²) in [6.45, 7) is 3.99. The van der Waals surface area contributed by atoms with Crippen molar-refractivity contribution in [2.45, 2.75) is 26.7 Å². The average Bonchev–Trinajstić information content (AvgIpc) is 2.40. The Hall–Kier alpha value is -2.02. The molecule has 1 unspecified atom stereocenters. The lowest BCUT2D eigenvalue weighted by molar-refractivity contribution is -0.116. The molecule has 0 saturated carbocycles. The molecule has 0 spiro atoms. The van der Waals surface area contributed by atoms with Crippen LogP contribution in [0, 0.1) is 23.2 Å². The minimum atomic E-state index is -0.0679. The van der Waals surface area contributed by atoms with Gasteiger partial charge in [-0.25, -0.2) is 0 Å². The summed E-state index contributed by atoms with van der Waals surface area (Å²) in [5, 5.41) is 11.8. The van der Waals surface area contributed by atoms with E-state index in [2.05, 4.69) is 11.4 Å². The maximum Gasteiger partial charge on any atom is 0.224 e. The molecule has 0 aromatic heterocycles. The van der Waals surface area contributed by atoms with Gasteiger partial charge in [-0.15, -0.1) is 0 Å². The summed E-state index contributed by atoms with van der Waals surface area (Å²) in [6.07, 6.45) is 0.957. The summed E-state index contributed by atoms with van der Waals surface area (Å²) < 4.78 is 5.05. The molecule has 0 saturated heterocycles. The third-order valence-corrected chi connectivity index (χ3v) is 3.03. The fourth-order valence-corrected chi connectivity index (χ4v) is 1.73. The number of ether oxygens (including phenoxy) is 1. The van der Waals surface area contributed by atoms with Gasteiger partial charge >= 0.3 is 0 Å². The number of methoxy groups -OCH3 is 1. The molecule has 0 aliphatic carbocycles. The van der Waals surface area contributed by atoms with Crippen molar-refractivity contribution in [1.29, 1.82) is 5.26 Å². The number of nitrogens with zero attached hydrogens (tertiary/aromatic N) is 1. The topological polar surface area (TPSA) is 62.1 Å². The smallest absolute Gasteiger partial charge is 0.224 e. The molecule has 0 aliphatic heterocycles. The third-order valence-electron chi connectivity index (χ3n) is 3.03. The lowest BCUT2D eigenvalue weighted by Crippen LogP contribution is -2.15. The third kappa shape index (κ3) is 5.01. The molecule has 0 bridgehead atoms. The minimum Gasteiger partial charge on any atom is -0.497 e. The quantitative estimate of drug-likeness (QED) is 0.854. The van der Waals surface area contributed by atoms with Gasteiger partial charge in [-0.2, -0.15) is 5.26 Å². The van der Waals surface area contributed by atoms with Crippen molar-refractivity contribution in [1.82, 2.24) is 0 Å². The molecule has 1 aromatic rings. The van der Waals surface area contributed by atoms with Crippen LogP contribution in [0.3, 0.4) is 0 Å². The lowest BCUT2D eigenvalue weighted by atomic mass is 9.92. The molecule has 4 nitrogen and oxygen atoms in total. The zero-order valence-electron chi connectivity index (χ0n) is 11.6. The second-order valence-corrected chi connectivity index (χ2v) is 4.79. The number of amides is 1. The number of nitriles is 1. The number of hydrogen-bond acceptors (Lipinski definition) is 3. The highest BCUT2D eigenvalue weighted by Crippen LogP contribution is 2.18. The molecule has 4 heteroatoms. The zero-order valence-corrected chi connectivity index (χ0v) is 11.6. The van der Waals surface area contributed by atoms with E-state index in [1.807, 2.05) is 13.8 Å². The highest BCUT2D eigenvalue weighted by atomic mass is 16.5. The Morgan fingerprint density at radius 1 is 1.37 bits per heavy atom. The van der Waals surface area contributed by atoms with Crippen LogP contribution >= 0.6 is 0 Å². The maximum atomic E-state index is 11.8. The number of rotatable bonds is 6. The van der Waals surface area contributed by atoms with E-state index < -0.39 is 0 Å². The zero-order chi connectivity index (χ0) is 14.3. The molecule has 0 aliphatic rings. The summed E-state index contributed by atoms with van der Waals surface area (Å²) in [7, 11) is 1.60. The van der Waals surface area contributed by atoms with Crippen molar-refractivity contribution in [2.75, 3.05) is 12.4 Å². The molecule has 0 fully saturated rings. The molecule has 1 aromatic carbocycles. The van der Waals surface area contributed by atoms with E-state index in [1.54, 1.807) is 31.4 Å². The number of anilines is 1. The Morgan fingerprint density at radius 3 is 2.47 bits per heavy atom. The minimum absolute atomic E-state index is 0.0638. The van der Waals surface area contributed by atoms with Crippen LogP contribution in [0.1, 0.15) is 26.7 Å². The van der Waals surface area contributed by atoms with E-state index in [1.165, 1.54) is 0 Å². The van der Waals surface area contributed by atoms with Crippen molar-refractivity contribution < 1.29 is 9.53 Å². The van der Waals surface area contributed by atoms with Gasteiger partial charge in [0, 0.05) is 18.0 Å². The second-order valence-electron chi connectivity index (χ2n) is 4.79. The summed E-state index contributed by atoms with van der Waals surface area (Å²) >= 11 is 0. The van der Waals surface area contributed by atoms with E-state index >= 15 is 0 Å². The molecule has 19 heavy (non-hydrogen) atoms. The summed E-state index contributed by atoms with van der Waals surface area (Å²) in [4.78, 5) is 11.8. The van der Waals surface area contributed by atoms with Crippen LogP contribution < -0.4 is 10.1 Å². The van der Waals surface area contributed by atoms with Crippen molar-refractivity contribution in [3.05, 3.63) is 24.3 Å². The van der Waals surface area contributed by atoms with Gasteiger partial charge < -0.3 is 10.1 Å². The Labute approximate surface area is 114 Å². The van der Waals surface area contributed by atoms with E-state index in [4.69, 9.17) is 10.00 Å². The molecule has 102 valence electrons. The van der Waals surface area contributed by atoms with Gasteiger partial charge in [0.15, 0.2) is 0 Å². The Balaban J connectivity index is 2.44. The van der Waals surface area contributed by atoms with Gasteiger partial charge in [0.05, 0.1) is 13.2 Å². The van der Waals surface area contributed by atoms with Gasteiger partial charge in [-0.3, -0.25) is 4.79 Å². The standard InChI is InChI=1S/C15H20N2O2/c1-11(2)12(10-16)4-9-15(18)17-13-5-7-14(19-3)8-6-13/h5-8,11-12H,4,9H2,1-3H3,(H,17,18). The Morgan fingerprint density at radius 2 is 2.00 bits per heavy atom. The Bertz CT molecular complexity index is 446. The Kier molecular flexibility index (Phi) is 5.87. The first-order valence-electron chi connectivity index (χ1n) is 6.40. The number of hydrogen-bond donors (Lipinski definition) is 1. The van der Waals surface area contributed by atoms with Crippen LogP contribution in [-0.4, -0.2) is 13.0 Å². The summed E-state index contributed by atoms with van der Waals surface area (Å²) in [5.41, 5.74) is 0.740. The SMILES string of the molecule is COc1ccc(NC(=O)CCC(C#N)C(C)C)cc1. The van der Waals surface area contributed by atoms with Crippen molar-refractivity contribution in [3.63, 3.8) is 0 Å². The highest BCUT2D eigenvalue weighted by molar-refractivity contribution is 5.90. The van der Waals surface area contributed by atoms with E-state index in [0.29, 0.717) is 12.8 Å². The number of carbonyl (C=O) groups is 1. The van der Waals surface area contributed by atoms with Crippen LogP contribution in [0.15, 0.2) is 24.3 Å². The number of carbonyl (C=O) groups excluding carboxylic acids is 1. The predicted molar refractivity (Wildman–Crippen MR) is 74.8 cm³/mol. The van der Waals surface area contributed by atoms with Gasteiger partial charge in [0.2, 0.25) is 5.91 Å². The number of benzene rings is 1. The first-order valence-corrected chi connectivity index (χ1v) is 6.40. The molecular weight excluding hydrogens is 240 g/mol. The molecule has 0 heterocycles. The van der Waals surface area contributed by atoms with Crippen LogP contribution in [0.5, 0.6) is 5.75 Å². The van der Waals surface area contributed by atoms with Gasteiger partial charge in [-0.05, 0) is 36.6 Å². The van der Waals surface area contributed by atoms with Crippen LogP contribution in [0.25, 0.3) is 0 Å². The second kappa shape index (κ2) is 7.42. The molecule has 1 amide bonds. The van der Waals surface area contributed by atoms with Crippen molar-refractivity contribution in [2.24, 2.45) is 11.8 Å². The van der Waals surface area contributed by atoms with Crippen molar-refractivity contribution >= 4 is 11.6 Å². The summed E-state index contributed by atoms with van der Waals surface area (Å²) in [5.74, 6) is 0.897. The van der Waals surface area contributed by atoms with E-state index in [0.717, 1.165) is 11.4 Å². The fraction of sp³-hybridized carbons (Fsp3) is 0.467. The van der Waals surface area contributed by atoms with Crippen LogP contribution in [0.2, 0.25) is 0 Å². The molecule has 1 N–H and O–H groups in total. The predicted octanol–water partition coefficient (Wildman–Crippen LogP) is 3.21. The van der Waals surface area contributed by atoms with Gasteiger partial charge in [0.1, 0.15) is 5.75 Å². The van der Waals surface area contributed by atoms with Crippen LogP contribution in [0.4, 0.5) is 5.69 Å². The van der Waals surface area contributed by atoms with Crippen LogP contribution in [-0.2, 0) is 4.79 Å². The molecule has 0 radical (unpaired) electrons. The van der Waals surface area contributed by atoms with Gasteiger partial charge in [-0.1, -0.05) is 13.8 Å². The van der Waals surface area contributed by atoms with Gasteiger partial charge in [0.25, 0.3) is 0 Å². The fourth-order valence-electron chi connectivity index (χ4n) is 1.73. The highest BCUT2D eigenvalue weighted by Gasteiger charge is 2.14. The summed E-state index contributed by atoms with van der Waals surface area (Å²) in [6, 6.07) is 9.41. The average molecular weight is 260 g/mol.